The molecule has 4 aromatic rings. The number of rotatable bonds is 3. The van der Waals surface area contributed by atoms with Crippen molar-refractivity contribution in [3.8, 4) is 11.1 Å². The SMILES string of the molecule is O=C(c1ccc(F)cc1)N1CCC[C@H](c2nc3ccc(-c4ccncc4)cn3n2)C1. The highest BCUT2D eigenvalue weighted by atomic mass is 19.1. The number of nitrogens with zero attached hydrogens (tertiary/aromatic N) is 5. The molecule has 4 heterocycles. The minimum atomic E-state index is -0.344. The number of hydrogen-bond donors (Lipinski definition) is 0. The normalized spacial score (nSPS) is 16.7. The number of fused-ring (bicyclic) bond motifs is 1. The van der Waals surface area contributed by atoms with Crippen LogP contribution >= 0.6 is 0 Å². The molecule has 1 fully saturated rings. The van der Waals surface area contributed by atoms with Crippen molar-refractivity contribution in [1.82, 2.24) is 24.5 Å². The molecule has 1 amide bonds. The van der Waals surface area contributed by atoms with Crippen molar-refractivity contribution in [2.24, 2.45) is 0 Å². The zero-order valence-corrected chi connectivity index (χ0v) is 16.3. The molecule has 1 saturated heterocycles. The van der Waals surface area contributed by atoms with Crippen LogP contribution < -0.4 is 0 Å². The van der Waals surface area contributed by atoms with E-state index in [1.807, 2.05) is 35.4 Å². The van der Waals surface area contributed by atoms with Crippen LogP contribution in [0.15, 0.2) is 67.1 Å². The molecule has 0 aliphatic carbocycles. The molecule has 150 valence electrons. The summed E-state index contributed by atoms with van der Waals surface area (Å²) in [6.45, 7) is 1.25. The van der Waals surface area contributed by atoms with Crippen LogP contribution in [0.1, 0.15) is 34.9 Å². The lowest BCUT2D eigenvalue weighted by atomic mass is 9.96. The van der Waals surface area contributed by atoms with Gasteiger partial charge in [0.15, 0.2) is 11.5 Å². The van der Waals surface area contributed by atoms with Crippen LogP contribution in [0.3, 0.4) is 0 Å². The van der Waals surface area contributed by atoms with Gasteiger partial charge in [-0.15, -0.1) is 0 Å². The summed E-state index contributed by atoms with van der Waals surface area (Å²) in [7, 11) is 0. The van der Waals surface area contributed by atoms with Crippen molar-refractivity contribution in [1.29, 1.82) is 0 Å². The minimum Gasteiger partial charge on any atom is -0.338 e. The molecule has 0 unspecified atom stereocenters. The molecule has 6 nitrogen and oxygen atoms in total. The maximum absolute atomic E-state index is 13.2. The van der Waals surface area contributed by atoms with Gasteiger partial charge in [0.25, 0.3) is 5.91 Å². The van der Waals surface area contributed by atoms with Crippen LogP contribution in [-0.2, 0) is 0 Å². The molecular formula is C23H20FN5O. The Morgan fingerprint density at radius 2 is 1.80 bits per heavy atom. The highest BCUT2D eigenvalue weighted by Crippen LogP contribution is 2.27. The van der Waals surface area contributed by atoms with E-state index in [2.05, 4.69) is 4.98 Å². The fraction of sp³-hybridized carbons (Fsp3) is 0.217. The molecule has 7 heteroatoms. The van der Waals surface area contributed by atoms with Crippen molar-refractivity contribution in [3.05, 3.63) is 84.3 Å². The first-order valence-electron chi connectivity index (χ1n) is 9.99. The smallest absolute Gasteiger partial charge is 0.253 e. The van der Waals surface area contributed by atoms with Gasteiger partial charge in [-0.25, -0.2) is 13.9 Å². The number of likely N-dealkylation sites (tertiary alicyclic amines) is 1. The van der Waals surface area contributed by atoms with E-state index in [0.29, 0.717) is 18.7 Å². The van der Waals surface area contributed by atoms with E-state index in [-0.39, 0.29) is 17.6 Å². The van der Waals surface area contributed by atoms with E-state index < -0.39 is 0 Å². The molecule has 3 aromatic heterocycles. The van der Waals surface area contributed by atoms with E-state index in [0.717, 1.165) is 35.4 Å². The number of carbonyl (C=O) groups excluding carboxylic acids is 1. The third kappa shape index (κ3) is 3.54. The van der Waals surface area contributed by atoms with Crippen LogP contribution in [-0.4, -0.2) is 43.5 Å². The van der Waals surface area contributed by atoms with Crippen LogP contribution in [0.25, 0.3) is 16.8 Å². The molecule has 30 heavy (non-hydrogen) atoms. The number of carbonyl (C=O) groups is 1. The Bertz CT molecular complexity index is 1190. The van der Waals surface area contributed by atoms with Crippen molar-refractivity contribution < 1.29 is 9.18 Å². The molecule has 0 spiro atoms. The molecule has 0 N–H and O–H groups in total. The van der Waals surface area contributed by atoms with Gasteiger partial charge in [-0.2, -0.15) is 5.10 Å². The Kier molecular flexibility index (Phi) is 4.71. The largest absolute Gasteiger partial charge is 0.338 e. The summed E-state index contributed by atoms with van der Waals surface area (Å²) < 4.78 is 15.0. The van der Waals surface area contributed by atoms with Gasteiger partial charge in [0.05, 0.1) is 0 Å². The highest BCUT2D eigenvalue weighted by Gasteiger charge is 2.28. The summed E-state index contributed by atoms with van der Waals surface area (Å²) in [6, 6.07) is 13.6. The van der Waals surface area contributed by atoms with E-state index >= 15 is 0 Å². The quantitative estimate of drug-likeness (QED) is 0.521. The monoisotopic (exact) mass is 401 g/mol. The van der Waals surface area contributed by atoms with Crippen molar-refractivity contribution >= 4 is 11.6 Å². The molecule has 0 radical (unpaired) electrons. The van der Waals surface area contributed by atoms with Gasteiger partial charge in [0.2, 0.25) is 0 Å². The topological polar surface area (TPSA) is 63.4 Å². The predicted octanol–water partition coefficient (Wildman–Crippen LogP) is 3.95. The highest BCUT2D eigenvalue weighted by molar-refractivity contribution is 5.94. The number of benzene rings is 1. The summed E-state index contributed by atoms with van der Waals surface area (Å²) in [5.74, 6) is 0.400. The maximum atomic E-state index is 13.2. The van der Waals surface area contributed by atoms with Crippen LogP contribution in [0.5, 0.6) is 0 Å². The Balaban J connectivity index is 1.38. The van der Waals surface area contributed by atoms with Gasteiger partial charge in [-0.1, -0.05) is 0 Å². The van der Waals surface area contributed by atoms with Gasteiger partial charge < -0.3 is 4.90 Å². The average Bonchev–Trinajstić information content (AvgIpc) is 3.23. The van der Waals surface area contributed by atoms with Crippen molar-refractivity contribution in [3.63, 3.8) is 0 Å². The third-order valence-corrected chi connectivity index (χ3v) is 5.53. The second kappa shape index (κ2) is 7.67. The first-order valence-corrected chi connectivity index (χ1v) is 9.99. The maximum Gasteiger partial charge on any atom is 0.253 e. The zero-order valence-electron chi connectivity index (χ0n) is 16.3. The second-order valence-corrected chi connectivity index (χ2v) is 7.52. The van der Waals surface area contributed by atoms with Gasteiger partial charge in [0.1, 0.15) is 5.82 Å². The predicted molar refractivity (Wildman–Crippen MR) is 110 cm³/mol. The average molecular weight is 401 g/mol. The molecule has 0 bridgehead atoms. The Morgan fingerprint density at radius 3 is 2.60 bits per heavy atom. The van der Waals surface area contributed by atoms with Gasteiger partial charge in [-0.3, -0.25) is 9.78 Å². The van der Waals surface area contributed by atoms with Crippen LogP contribution in [0.4, 0.5) is 4.39 Å². The molecular weight excluding hydrogens is 381 g/mol. The van der Waals surface area contributed by atoms with E-state index in [1.54, 1.807) is 16.9 Å². The number of aromatic nitrogens is 4. The Labute approximate surface area is 173 Å². The van der Waals surface area contributed by atoms with E-state index in [1.165, 1.54) is 24.3 Å². The summed E-state index contributed by atoms with van der Waals surface area (Å²) in [6.07, 6.45) is 7.31. The third-order valence-electron chi connectivity index (χ3n) is 5.53. The van der Waals surface area contributed by atoms with Crippen LogP contribution in [0.2, 0.25) is 0 Å². The molecule has 1 atom stereocenters. The van der Waals surface area contributed by atoms with Crippen LogP contribution in [0, 0.1) is 5.82 Å². The molecule has 1 aromatic carbocycles. The lowest BCUT2D eigenvalue weighted by Gasteiger charge is -2.31. The lowest BCUT2D eigenvalue weighted by molar-refractivity contribution is 0.0704. The Morgan fingerprint density at radius 1 is 1.00 bits per heavy atom. The summed E-state index contributed by atoms with van der Waals surface area (Å²) in [5.41, 5.74) is 3.39. The second-order valence-electron chi connectivity index (χ2n) is 7.52. The number of piperidine rings is 1. The van der Waals surface area contributed by atoms with Crippen molar-refractivity contribution in [2.75, 3.05) is 13.1 Å². The molecule has 0 saturated carbocycles. The lowest BCUT2D eigenvalue weighted by Crippen LogP contribution is -2.39. The number of hydrogen-bond acceptors (Lipinski definition) is 4. The number of halogens is 1. The van der Waals surface area contributed by atoms with E-state index in [4.69, 9.17) is 10.1 Å². The summed E-state index contributed by atoms with van der Waals surface area (Å²) in [5, 5.41) is 4.70. The minimum absolute atomic E-state index is 0.0763. The Hall–Kier alpha value is -3.61. The number of pyridine rings is 2. The number of amides is 1. The van der Waals surface area contributed by atoms with Gasteiger partial charge in [0, 0.05) is 48.7 Å². The zero-order chi connectivity index (χ0) is 20.5. The molecule has 1 aliphatic rings. The fourth-order valence-electron chi connectivity index (χ4n) is 3.94. The molecule has 1 aliphatic heterocycles. The summed E-state index contributed by atoms with van der Waals surface area (Å²) in [4.78, 5) is 23.4. The van der Waals surface area contributed by atoms with Crippen molar-refractivity contribution in [2.45, 2.75) is 18.8 Å². The first-order chi connectivity index (χ1) is 14.7. The first kappa shape index (κ1) is 18.4. The molecule has 5 rings (SSSR count). The van der Waals surface area contributed by atoms with Gasteiger partial charge >= 0.3 is 0 Å². The van der Waals surface area contributed by atoms with Gasteiger partial charge in [-0.05, 0) is 66.9 Å². The fourth-order valence-corrected chi connectivity index (χ4v) is 3.94. The van der Waals surface area contributed by atoms with E-state index in [9.17, 15) is 9.18 Å². The summed E-state index contributed by atoms with van der Waals surface area (Å²) >= 11 is 0. The standard InChI is InChI=1S/C23H20FN5O/c24-20-6-3-17(4-7-20)23(30)28-13-1-2-19(14-28)22-26-21-8-5-18(15-29(21)27-22)16-9-11-25-12-10-16/h3-12,15,19H,1-2,13-14H2/t19-/m0/s1.